The van der Waals surface area contributed by atoms with E-state index in [1.54, 1.807) is 6.92 Å². The summed E-state index contributed by atoms with van der Waals surface area (Å²) in [6.07, 6.45) is 0.668. The van der Waals surface area contributed by atoms with Gasteiger partial charge >= 0.3 is 0 Å². The summed E-state index contributed by atoms with van der Waals surface area (Å²) in [5, 5.41) is 0. The SMILES string of the molecule is CC(=O)CC1CN(C(C)C)c2cccc(C)c21. The highest BCUT2D eigenvalue weighted by Crippen LogP contribution is 2.41. The molecule has 0 fully saturated rings. The molecule has 2 heteroatoms. The molecule has 1 unspecified atom stereocenters. The standard InChI is InChI=1S/C15H21NO/c1-10(2)16-9-13(8-12(4)17)15-11(3)6-5-7-14(15)16/h5-7,10,13H,8-9H2,1-4H3. The van der Waals surface area contributed by atoms with Crippen LogP contribution in [0.15, 0.2) is 18.2 Å². The highest BCUT2D eigenvalue weighted by molar-refractivity contribution is 5.78. The van der Waals surface area contributed by atoms with Gasteiger partial charge in [0.1, 0.15) is 5.78 Å². The van der Waals surface area contributed by atoms with Crippen molar-refractivity contribution in [2.24, 2.45) is 0 Å². The van der Waals surface area contributed by atoms with E-state index in [2.05, 4.69) is 43.9 Å². The first-order valence-corrected chi connectivity index (χ1v) is 6.36. The molecule has 2 nitrogen and oxygen atoms in total. The lowest BCUT2D eigenvalue weighted by atomic mass is 9.93. The van der Waals surface area contributed by atoms with Crippen LogP contribution in [0.25, 0.3) is 0 Å². The Morgan fingerprint density at radius 2 is 2.18 bits per heavy atom. The Morgan fingerprint density at radius 3 is 2.76 bits per heavy atom. The predicted molar refractivity (Wildman–Crippen MR) is 71.7 cm³/mol. The maximum absolute atomic E-state index is 11.4. The Bertz CT molecular complexity index is 437. The number of benzene rings is 1. The Labute approximate surface area is 104 Å². The van der Waals surface area contributed by atoms with Gasteiger partial charge in [-0.1, -0.05) is 12.1 Å². The van der Waals surface area contributed by atoms with Crippen molar-refractivity contribution >= 4 is 11.5 Å². The van der Waals surface area contributed by atoms with Gasteiger partial charge in [-0.25, -0.2) is 0 Å². The molecule has 17 heavy (non-hydrogen) atoms. The molecular weight excluding hydrogens is 210 g/mol. The number of fused-ring (bicyclic) bond motifs is 1. The molecule has 1 aromatic rings. The number of Topliss-reactive ketones (excluding diaryl/α,β-unsaturated/α-hetero) is 1. The zero-order valence-corrected chi connectivity index (χ0v) is 11.2. The van der Waals surface area contributed by atoms with Gasteiger partial charge in [-0.2, -0.15) is 0 Å². The third-order valence-electron chi connectivity index (χ3n) is 3.59. The van der Waals surface area contributed by atoms with Crippen molar-refractivity contribution in [3.63, 3.8) is 0 Å². The Balaban J connectivity index is 2.41. The topological polar surface area (TPSA) is 20.3 Å². The number of nitrogens with zero attached hydrogens (tertiary/aromatic N) is 1. The van der Waals surface area contributed by atoms with Gasteiger partial charge < -0.3 is 9.69 Å². The number of hydrogen-bond donors (Lipinski definition) is 0. The summed E-state index contributed by atoms with van der Waals surface area (Å²) in [5.41, 5.74) is 4.03. The number of anilines is 1. The summed E-state index contributed by atoms with van der Waals surface area (Å²) < 4.78 is 0. The molecule has 0 aromatic heterocycles. The molecule has 0 aliphatic carbocycles. The van der Waals surface area contributed by atoms with Crippen molar-refractivity contribution in [1.82, 2.24) is 0 Å². The number of ketones is 1. The van der Waals surface area contributed by atoms with E-state index in [1.165, 1.54) is 16.8 Å². The Hall–Kier alpha value is -1.31. The van der Waals surface area contributed by atoms with Crippen LogP contribution in [-0.2, 0) is 4.79 Å². The van der Waals surface area contributed by atoms with Crippen LogP contribution in [-0.4, -0.2) is 18.4 Å². The zero-order chi connectivity index (χ0) is 12.6. The fourth-order valence-electron chi connectivity index (χ4n) is 2.88. The first kappa shape index (κ1) is 12.2. The van der Waals surface area contributed by atoms with Crippen LogP contribution >= 0.6 is 0 Å². The number of carbonyl (C=O) groups is 1. The summed E-state index contributed by atoms with van der Waals surface area (Å²) in [6.45, 7) is 9.24. The normalized spacial score (nSPS) is 18.6. The molecule has 2 rings (SSSR count). The molecule has 0 N–H and O–H groups in total. The van der Waals surface area contributed by atoms with Crippen LogP contribution in [0.3, 0.4) is 0 Å². The lowest BCUT2D eigenvalue weighted by Crippen LogP contribution is -2.29. The van der Waals surface area contributed by atoms with E-state index in [1.807, 2.05) is 0 Å². The second kappa shape index (κ2) is 4.52. The van der Waals surface area contributed by atoms with Crippen LogP contribution in [0.1, 0.15) is 44.2 Å². The summed E-state index contributed by atoms with van der Waals surface area (Å²) in [6, 6.07) is 6.94. The lowest BCUT2D eigenvalue weighted by Gasteiger charge is -2.24. The lowest BCUT2D eigenvalue weighted by molar-refractivity contribution is -0.117. The van der Waals surface area contributed by atoms with E-state index in [0.717, 1.165) is 6.54 Å². The average Bonchev–Trinajstić information content (AvgIpc) is 2.57. The van der Waals surface area contributed by atoms with E-state index >= 15 is 0 Å². The van der Waals surface area contributed by atoms with E-state index in [4.69, 9.17) is 0 Å². The van der Waals surface area contributed by atoms with Crippen LogP contribution < -0.4 is 4.90 Å². The molecular formula is C15H21NO. The predicted octanol–water partition coefficient (Wildman–Crippen LogP) is 3.29. The van der Waals surface area contributed by atoms with Crippen molar-refractivity contribution in [3.8, 4) is 0 Å². The minimum absolute atomic E-state index is 0.287. The van der Waals surface area contributed by atoms with Crippen molar-refractivity contribution in [2.45, 2.75) is 46.1 Å². The molecule has 1 aliphatic rings. The van der Waals surface area contributed by atoms with Gasteiger partial charge in [0.05, 0.1) is 0 Å². The number of hydrogen-bond acceptors (Lipinski definition) is 2. The maximum atomic E-state index is 11.4. The average molecular weight is 231 g/mol. The van der Waals surface area contributed by atoms with Gasteiger partial charge in [-0.3, -0.25) is 0 Å². The zero-order valence-electron chi connectivity index (χ0n) is 11.2. The highest BCUT2D eigenvalue weighted by Gasteiger charge is 2.31. The third kappa shape index (κ3) is 2.21. The smallest absolute Gasteiger partial charge is 0.130 e. The van der Waals surface area contributed by atoms with E-state index in [0.29, 0.717) is 18.4 Å². The van der Waals surface area contributed by atoms with Crippen molar-refractivity contribution in [1.29, 1.82) is 0 Å². The molecule has 1 atom stereocenters. The minimum Gasteiger partial charge on any atom is -0.368 e. The van der Waals surface area contributed by atoms with Crippen LogP contribution in [0.5, 0.6) is 0 Å². The molecule has 0 radical (unpaired) electrons. The van der Waals surface area contributed by atoms with Crippen molar-refractivity contribution in [3.05, 3.63) is 29.3 Å². The Morgan fingerprint density at radius 1 is 1.47 bits per heavy atom. The van der Waals surface area contributed by atoms with Crippen LogP contribution in [0, 0.1) is 6.92 Å². The molecule has 0 saturated heterocycles. The summed E-state index contributed by atoms with van der Waals surface area (Å²) in [4.78, 5) is 13.8. The first-order valence-electron chi connectivity index (χ1n) is 6.36. The first-order chi connectivity index (χ1) is 8.00. The van der Waals surface area contributed by atoms with Gasteiger partial charge in [-0.05, 0) is 44.9 Å². The third-order valence-corrected chi connectivity index (χ3v) is 3.59. The minimum atomic E-state index is 0.287. The van der Waals surface area contributed by atoms with Crippen LogP contribution in [0.2, 0.25) is 0 Å². The second-order valence-corrected chi connectivity index (χ2v) is 5.36. The summed E-state index contributed by atoms with van der Waals surface area (Å²) in [5.74, 6) is 0.668. The maximum Gasteiger partial charge on any atom is 0.130 e. The van der Waals surface area contributed by atoms with Gasteiger partial charge in [-0.15, -0.1) is 0 Å². The molecule has 0 amide bonds. The molecule has 0 spiro atoms. The molecule has 0 bridgehead atoms. The number of aryl methyl sites for hydroxylation is 1. The van der Waals surface area contributed by atoms with Gasteiger partial charge in [0.2, 0.25) is 0 Å². The molecule has 1 heterocycles. The molecule has 1 aromatic carbocycles. The van der Waals surface area contributed by atoms with Gasteiger partial charge in [0.15, 0.2) is 0 Å². The van der Waals surface area contributed by atoms with E-state index in [9.17, 15) is 4.79 Å². The largest absolute Gasteiger partial charge is 0.368 e. The van der Waals surface area contributed by atoms with Crippen LogP contribution in [0.4, 0.5) is 5.69 Å². The van der Waals surface area contributed by atoms with Gasteiger partial charge in [0.25, 0.3) is 0 Å². The molecule has 92 valence electrons. The Kier molecular flexibility index (Phi) is 3.23. The van der Waals surface area contributed by atoms with E-state index < -0.39 is 0 Å². The molecule has 0 saturated carbocycles. The number of carbonyl (C=O) groups excluding carboxylic acids is 1. The van der Waals surface area contributed by atoms with Crippen molar-refractivity contribution < 1.29 is 4.79 Å². The fraction of sp³-hybridized carbons (Fsp3) is 0.533. The van der Waals surface area contributed by atoms with Gasteiger partial charge in [0, 0.05) is 30.6 Å². The molecule has 1 aliphatic heterocycles. The highest BCUT2D eigenvalue weighted by atomic mass is 16.1. The number of rotatable bonds is 3. The fourth-order valence-corrected chi connectivity index (χ4v) is 2.88. The second-order valence-electron chi connectivity index (χ2n) is 5.36. The van der Waals surface area contributed by atoms with E-state index in [-0.39, 0.29) is 5.78 Å². The monoisotopic (exact) mass is 231 g/mol. The quantitative estimate of drug-likeness (QED) is 0.795. The summed E-state index contributed by atoms with van der Waals surface area (Å²) >= 11 is 0. The summed E-state index contributed by atoms with van der Waals surface area (Å²) in [7, 11) is 0. The van der Waals surface area contributed by atoms with Crippen molar-refractivity contribution in [2.75, 3.05) is 11.4 Å².